The minimum atomic E-state index is -0.679. The van der Waals surface area contributed by atoms with Crippen LogP contribution in [0.4, 0.5) is 0 Å². The van der Waals surface area contributed by atoms with Crippen LogP contribution in [0.3, 0.4) is 0 Å². The molecule has 0 aliphatic carbocycles. The van der Waals surface area contributed by atoms with Crippen LogP contribution in [0.15, 0.2) is 48.5 Å². The molecule has 1 atom stereocenters. The van der Waals surface area contributed by atoms with Gasteiger partial charge in [-0.15, -0.1) is 11.6 Å². The number of benzene rings is 2. The summed E-state index contributed by atoms with van der Waals surface area (Å²) in [5.74, 6) is 0.636. The first kappa shape index (κ1) is 16.4. The lowest BCUT2D eigenvalue weighted by Gasteiger charge is -2.13. The fourth-order valence-corrected chi connectivity index (χ4v) is 2.30. The summed E-state index contributed by atoms with van der Waals surface area (Å²) in [5, 5.41) is 2.11. The first-order chi connectivity index (χ1) is 10.6. The quantitative estimate of drug-likeness (QED) is 0.650. The van der Waals surface area contributed by atoms with Gasteiger partial charge in [-0.25, -0.2) is 0 Å². The van der Waals surface area contributed by atoms with E-state index in [2.05, 4.69) is 5.32 Å². The Balaban J connectivity index is 1.79. The average molecular weight is 318 g/mol. The Hall–Kier alpha value is -2.00. The minimum Gasteiger partial charge on any atom is -0.491 e. The van der Waals surface area contributed by atoms with E-state index in [1.807, 2.05) is 62.4 Å². The van der Waals surface area contributed by atoms with E-state index in [1.54, 1.807) is 0 Å². The second kappa shape index (κ2) is 7.85. The number of aryl methyl sites for hydroxylation is 1. The normalized spacial score (nSPS) is 11.8. The maximum absolute atomic E-state index is 12.0. The fourth-order valence-electron chi connectivity index (χ4n) is 2.08. The number of rotatable bonds is 6. The lowest BCUT2D eigenvalue weighted by Crippen LogP contribution is -2.30. The van der Waals surface area contributed by atoms with Crippen LogP contribution >= 0.6 is 11.6 Å². The predicted molar refractivity (Wildman–Crippen MR) is 89.5 cm³/mol. The largest absolute Gasteiger partial charge is 0.491 e. The van der Waals surface area contributed by atoms with E-state index in [4.69, 9.17) is 16.3 Å². The van der Waals surface area contributed by atoms with Crippen molar-refractivity contribution in [3.05, 3.63) is 65.2 Å². The summed E-state index contributed by atoms with van der Waals surface area (Å²) in [6, 6.07) is 15.2. The summed E-state index contributed by atoms with van der Waals surface area (Å²) >= 11 is 6.15. The van der Waals surface area contributed by atoms with Crippen LogP contribution in [0.2, 0.25) is 0 Å². The van der Waals surface area contributed by atoms with E-state index < -0.39 is 5.38 Å². The van der Waals surface area contributed by atoms with Crippen LogP contribution in [0.1, 0.15) is 22.1 Å². The highest BCUT2D eigenvalue weighted by molar-refractivity contribution is 6.30. The number of carbonyl (C=O) groups is 1. The van der Waals surface area contributed by atoms with Crippen LogP contribution in [-0.4, -0.2) is 19.1 Å². The Kier molecular flexibility index (Phi) is 5.84. The van der Waals surface area contributed by atoms with Gasteiger partial charge in [0.1, 0.15) is 17.7 Å². The lowest BCUT2D eigenvalue weighted by molar-refractivity contribution is -0.120. The summed E-state index contributed by atoms with van der Waals surface area (Å²) < 4.78 is 5.70. The molecule has 0 bridgehead atoms. The molecule has 0 heterocycles. The topological polar surface area (TPSA) is 38.3 Å². The zero-order chi connectivity index (χ0) is 15.9. The molecule has 0 fully saturated rings. The van der Waals surface area contributed by atoms with E-state index in [9.17, 15) is 4.79 Å². The van der Waals surface area contributed by atoms with Gasteiger partial charge in [0, 0.05) is 0 Å². The van der Waals surface area contributed by atoms with Gasteiger partial charge in [0.05, 0.1) is 6.54 Å². The number of nitrogens with one attached hydrogen (secondary N) is 1. The second-order valence-electron chi connectivity index (χ2n) is 5.11. The molecule has 1 N–H and O–H groups in total. The van der Waals surface area contributed by atoms with Gasteiger partial charge in [0.2, 0.25) is 5.91 Å². The highest BCUT2D eigenvalue weighted by Crippen LogP contribution is 2.21. The number of alkyl halides is 1. The standard InChI is InChI=1S/C18H20ClNO2/c1-13-7-6-10-16(14(13)2)22-12-11-20-18(21)17(19)15-8-4-3-5-9-15/h3-10,17H,11-12H2,1-2H3,(H,20,21). The Morgan fingerprint density at radius 2 is 1.86 bits per heavy atom. The third kappa shape index (κ3) is 4.25. The highest BCUT2D eigenvalue weighted by Gasteiger charge is 2.16. The number of halogens is 1. The molecule has 0 saturated carbocycles. The molecule has 2 aromatic rings. The number of hydrogen-bond acceptors (Lipinski definition) is 2. The van der Waals surface area contributed by atoms with E-state index in [0.717, 1.165) is 16.9 Å². The van der Waals surface area contributed by atoms with Crippen molar-refractivity contribution in [2.75, 3.05) is 13.2 Å². The SMILES string of the molecule is Cc1cccc(OCCNC(=O)C(Cl)c2ccccc2)c1C. The minimum absolute atomic E-state index is 0.211. The Morgan fingerprint density at radius 1 is 1.14 bits per heavy atom. The molecule has 0 spiro atoms. The van der Waals surface area contributed by atoms with Crippen molar-refractivity contribution >= 4 is 17.5 Å². The van der Waals surface area contributed by atoms with Crippen LogP contribution in [0.25, 0.3) is 0 Å². The van der Waals surface area contributed by atoms with Gasteiger partial charge in [-0.05, 0) is 36.6 Å². The monoisotopic (exact) mass is 317 g/mol. The van der Waals surface area contributed by atoms with E-state index in [-0.39, 0.29) is 5.91 Å². The van der Waals surface area contributed by atoms with Crippen LogP contribution in [0, 0.1) is 13.8 Å². The third-order valence-corrected chi connectivity index (χ3v) is 3.99. The Bertz CT molecular complexity index is 628. The molecule has 3 nitrogen and oxygen atoms in total. The molecule has 1 unspecified atom stereocenters. The average Bonchev–Trinajstić information content (AvgIpc) is 2.55. The summed E-state index contributed by atoms with van der Waals surface area (Å²) in [5.41, 5.74) is 3.09. The maximum Gasteiger partial charge on any atom is 0.242 e. The van der Waals surface area contributed by atoms with E-state index >= 15 is 0 Å². The second-order valence-corrected chi connectivity index (χ2v) is 5.55. The molecule has 4 heteroatoms. The van der Waals surface area contributed by atoms with Crippen molar-refractivity contribution in [3.63, 3.8) is 0 Å². The highest BCUT2D eigenvalue weighted by atomic mass is 35.5. The van der Waals surface area contributed by atoms with Crippen molar-refractivity contribution in [1.29, 1.82) is 0 Å². The molecule has 0 radical (unpaired) electrons. The molecule has 116 valence electrons. The molecule has 1 amide bonds. The third-order valence-electron chi connectivity index (χ3n) is 3.54. The molecule has 0 saturated heterocycles. The van der Waals surface area contributed by atoms with Crippen molar-refractivity contribution < 1.29 is 9.53 Å². The zero-order valence-corrected chi connectivity index (χ0v) is 13.6. The predicted octanol–water partition coefficient (Wildman–Crippen LogP) is 3.78. The van der Waals surface area contributed by atoms with Crippen molar-refractivity contribution in [1.82, 2.24) is 5.32 Å². The van der Waals surface area contributed by atoms with Gasteiger partial charge >= 0.3 is 0 Å². The van der Waals surface area contributed by atoms with Gasteiger partial charge in [0.25, 0.3) is 0 Å². The molecule has 0 aromatic heterocycles. The van der Waals surface area contributed by atoms with Gasteiger partial charge in [-0.1, -0.05) is 42.5 Å². The van der Waals surface area contributed by atoms with Crippen molar-refractivity contribution in [2.45, 2.75) is 19.2 Å². The molecular weight excluding hydrogens is 298 g/mol. The molecule has 22 heavy (non-hydrogen) atoms. The maximum atomic E-state index is 12.0. The smallest absolute Gasteiger partial charge is 0.242 e. The fraction of sp³-hybridized carbons (Fsp3) is 0.278. The van der Waals surface area contributed by atoms with Crippen molar-refractivity contribution in [2.24, 2.45) is 0 Å². The van der Waals surface area contributed by atoms with Crippen molar-refractivity contribution in [3.8, 4) is 5.75 Å². The molecular formula is C18H20ClNO2. The number of carbonyl (C=O) groups excluding carboxylic acids is 1. The van der Waals surface area contributed by atoms with E-state index in [1.165, 1.54) is 5.56 Å². The molecule has 0 aliphatic heterocycles. The van der Waals surface area contributed by atoms with Gasteiger partial charge in [0.15, 0.2) is 0 Å². The molecule has 2 rings (SSSR count). The summed E-state index contributed by atoms with van der Waals surface area (Å²) in [6.45, 7) is 4.89. The van der Waals surface area contributed by atoms with Crippen LogP contribution in [-0.2, 0) is 4.79 Å². The summed E-state index contributed by atoms with van der Waals surface area (Å²) in [6.07, 6.45) is 0. The zero-order valence-electron chi connectivity index (χ0n) is 12.8. The first-order valence-corrected chi connectivity index (χ1v) is 7.69. The number of ether oxygens (including phenoxy) is 1. The molecule has 2 aromatic carbocycles. The van der Waals surface area contributed by atoms with Gasteiger partial charge < -0.3 is 10.1 Å². The number of amides is 1. The van der Waals surface area contributed by atoms with Gasteiger partial charge in [-0.3, -0.25) is 4.79 Å². The lowest BCUT2D eigenvalue weighted by atomic mass is 10.1. The first-order valence-electron chi connectivity index (χ1n) is 7.25. The summed E-state index contributed by atoms with van der Waals surface area (Å²) in [7, 11) is 0. The summed E-state index contributed by atoms with van der Waals surface area (Å²) in [4.78, 5) is 12.0. The Morgan fingerprint density at radius 3 is 2.59 bits per heavy atom. The Labute approximate surface area is 136 Å². The van der Waals surface area contributed by atoms with Crippen LogP contribution in [0.5, 0.6) is 5.75 Å². The van der Waals surface area contributed by atoms with E-state index in [0.29, 0.717) is 13.2 Å². The number of hydrogen-bond donors (Lipinski definition) is 1. The van der Waals surface area contributed by atoms with Crippen LogP contribution < -0.4 is 10.1 Å². The molecule has 0 aliphatic rings. The van der Waals surface area contributed by atoms with Gasteiger partial charge in [-0.2, -0.15) is 0 Å².